The maximum absolute atomic E-state index is 12.4. The molecule has 1 heterocycles. The first-order valence-corrected chi connectivity index (χ1v) is 8.42. The smallest absolute Gasteiger partial charge is 0.226 e. The number of fused-ring (bicyclic) bond motifs is 1. The number of nitrogen functional groups attached to an aromatic ring is 1. The van der Waals surface area contributed by atoms with Gasteiger partial charge in [0.05, 0.1) is 18.7 Å². The molecule has 0 saturated carbocycles. The molecule has 2 N–H and O–H groups in total. The number of ether oxygens (including phenoxy) is 1. The summed E-state index contributed by atoms with van der Waals surface area (Å²) in [6.45, 7) is 3.15. The van der Waals surface area contributed by atoms with Gasteiger partial charge in [-0.1, -0.05) is 24.3 Å². The van der Waals surface area contributed by atoms with Crippen LogP contribution in [0.15, 0.2) is 42.5 Å². The fraction of sp³-hybridized carbons (Fsp3) is 0.300. The van der Waals surface area contributed by atoms with Crippen LogP contribution in [0.5, 0.6) is 5.75 Å². The summed E-state index contributed by atoms with van der Waals surface area (Å²) in [5.74, 6) is 0.536. The van der Waals surface area contributed by atoms with Crippen molar-refractivity contribution in [3.8, 4) is 5.75 Å². The van der Waals surface area contributed by atoms with Crippen LogP contribution in [0.25, 0.3) is 0 Å². The van der Waals surface area contributed by atoms with E-state index in [0.29, 0.717) is 30.0 Å². The van der Waals surface area contributed by atoms with E-state index in [4.69, 9.17) is 10.5 Å². The molecule has 0 saturated heterocycles. The Hall–Kier alpha value is -2.82. The van der Waals surface area contributed by atoms with Crippen LogP contribution in [0.4, 0.5) is 5.69 Å². The highest BCUT2D eigenvalue weighted by Crippen LogP contribution is 2.23. The van der Waals surface area contributed by atoms with Gasteiger partial charge in [-0.15, -0.1) is 0 Å². The summed E-state index contributed by atoms with van der Waals surface area (Å²) >= 11 is 0. The number of rotatable bonds is 5. The number of nitrogens with two attached hydrogens (primary N) is 1. The summed E-state index contributed by atoms with van der Waals surface area (Å²) in [5, 5.41) is 0. The van der Waals surface area contributed by atoms with Crippen LogP contribution in [-0.2, 0) is 17.8 Å². The second-order valence-corrected chi connectivity index (χ2v) is 6.24. The molecule has 5 nitrogen and oxygen atoms in total. The van der Waals surface area contributed by atoms with E-state index in [2.05, 4.69) is 12.1 Å². The van der Waals surface area contributed by atoms with Gasteiger partial charge in [-0.05, 0) is 42.7 Å². The lowest BCUT2D eigenvalue weighted by atomic mass is 10.00. The molecular weight excluding hydrogens is 316 g/mol. The summed E-state index contributed by atoms with van der Waals surface area (Å²) < 4.78 is 5.62. The summed E-state index contributed by atoms with van der Waals surface area (Å²) in [7, 11) is 0. The number of hydrogen-bond donors (Lipinski definition) is 1. The molecule has 1 aliphatic heterocycles. The Morgan fingerprint density at radius 3 is 2.64 bits per heavy atom. The van der Waals surface area contributed by atoms with E-state index in [1.165, 1.54) is 18.1 Å². The molecule has 0 fully saturated rings. The van der Waals surface area contributed by atoms with Gasteiger partial charge in [-0.3, -0.25) is 9.59 Å². The third-order valence-electron chi connectivity index (χ3n) is 4.47. The predicted molar refractivity (Wildman–Crippen MR) is 96.5 cm³/mol. The van der Waals surface area contributed by atoms with E-state index in [0.717, 1.165) is 13.0 Å². The molecule has 130 valence electrons. The molecule has 0 bridgehead atoms. The molecule has 0 radical (unpaired) electrons. The summed E-state index contributed by atoms with van der Waals surface area (Å²) in [5.41, 5.74) is 9.39. The van der Waals surface area contributed by atoms with Gasteiger partial charge in [0.25, 0.3) is 0 Å². The Balaban J connectivity index is 1.53. The van der Waals surface area contributed by atoms with Crippen molar-refractivity contribution in [2.45, 2.75) is 26.3 Å². The van der Waals surface area contributed by atoms with Crippen LogP contribution in [0.2, 0.25) is 0 Å². The summed E-state index contributed by atoms with van der Waals surface area (Å²) in [4.78, 5) is 25.6. The monoisotopic (exact) mass is 338 g/mol. The standard InChI is InChI=1S/C20H22N2O3/c1-14(23)16-6-7-19(18(21)12-16)25-11-9-20(24)22-10-8-15-4-2-3-5-17(15)13-22/h2-7,12H,8-11,13,21H2,1H3. The van der Waals surface area contributed by atoms with E-state index in [1.54, 1.807) is 18.2 Å². The Kier molecular flexibility index (Phi) is 5.03. The molecule has 5 heteroatoms. The maximum atomic E-state index is 12.4. The number of Topliss-reactive ketones (excluding diaryl/α,β-unsaturated/α-hetero) is 1. The van der Waals surface area contributed by atoms with Crippen LogP contribution in [0.1, 0.15) is 34.8 Å². The minimum atomic E-state index is -0.0428. The lowest BCUT2D eigenvalue weighted by Crippen LogP contribution is -2.36. The van der Waals surface area contributed by atoms with Gasteiger partial charge in [0.2, 0.25) is 5.91 Å². The summed E-state index contributed by atoms with van der Waals surface area (Å²) in [6.07, 6.45) is 1.19. The highest BCUT2D eigenvalue weighted by molar-refractivity contribution is 5.95. The van der Waals surface area contributed by atoms with Crippen molar-refractivity contribution in [2.75, 3.05) is 18.9 Å². The zero-order chi connectivity index (χ0) is 17.8. The molecule has 0 aliphatic carbocycles. The molecule has 0 spiro atoms. The van der Waals surface area contributed by atoms with Crippen LogP contribution in [0.3, 0.4) is 0 Å². The van der Waals surface area contributed by atoms with Crippen molar-refractivity contribution in [3.05, 3.63) is 59.2 Å². The van der Waals surface area contributed by atoms with E-state index in [9.17, 15) is 9.59 Å². The van der Waals surface area contributed by atoms with E-state index in [1.807, 2.05) is 17.0 Å². The quantitative estimate of drug-likeness (QED) is 0.672. The number of ketones is 1. The van der Waals surface area contributed by atoms with Crippen molar-refractivity contribution < 1.29 is 14.3 Å². The lowest BCUT2D eigenvalue weighted by Gasteiger charge is -2.29. The predicted octanol–water partition coefficient (Wildman–Crippen LogP) is 2.83. The molecule has 1 amide bonds. The number of benzene rings is 2. The second-order valence-electron chi connectivity index (χ2n) is 6.24. The van der Waals surface area contributed by atoms with Crippen LogP contribution < -0.4 is 10.5 Å². The molecule has 3 rings (SSSR count). The van der Waals surface area contributed by atoms with Crippen molar-refractivity contribution in [1.29, 1.82) is 0 Å². The number of anilines is 1. The average molecular weight is 338 g/mol. The van der Waals surface area contributed by atoms with Gasteiger partial charge >= 0.3 is 0 Å². The Labute approximate surface area is 147 Å². The third kappa shape index (κ3) is 3.99. The molecular formula is C20H22N2O3. The van der Waals surface area contributed by atoms with Crippen molar-refractivity contribution in [1.82, 2.24) is 4.90 Å². The van der Waals surface area contributed by atoms with Gasteiger partial charge in [0.15, 0.2) is 5.78 Å². The molecule has 0 unspecified atom stereocenters. The number of hydrogen-bond acceptors (Lipinski definition) is 4. The minimum Gasteiger partial charge on any atom is -0.491 e. The Bertz CT molecular complexity index is 801. The maximum Gasteiger partial charge on any atom is 0.226 e. The zero-order valence-corrected chi connectivity index (χ0v) is 14.3. The number of carbonyl (C=O) groups excluding carboxylic acids is 2. The Morgan fingerprint density at radius 1 is 1.16 bits per heavy atom. The SMILES string of the molecule is CC(=O)c1ccc(OCCC(=O)N2CCc3ccccc3C2)c(N)c1. The number of carbonyl (C=O) groups is 2. The van der Waals surface area contributed by atoms with Gasteiger partial charge < -0.3 is 15.4 Å². The fourth-order valence-corrected chi connectivity index (χ4v) is 3.01. The first-order valence-electron chi connectivity index (χ1n) is 8.42. The normalized spacial score (nSPS) is 13.2. The lowest BCUT2D eigenvalue weighted by molar-refractivity contribution is -0.132. The highest BCUT2D eigenvalue weighted by atomic mass is 16.5. The van der Waals surface area contributed by atoms with Crippen molar-refractivity contribution in [3.63, 3.8) is 0 Å². The van der Waals surface area contributed by atoms with Crippen LogP contribution >= 0.6 is 0 Å². The zero-order valence-electron chi connectivity index (χ0n) is 14.3. The van der Waals surface area contributed by atoms with E-state index >= 15 is 0 Å². The highest BCUT2D eigenvalue weighted by Gasteiger charge is 2.20. The van der Waals surface area contributed by atoms with E-state index < -0.39 is 0 Å². The fourth-order valence-electron chi connectivity index (χ4n) is 3.01. The molecule has 2 aromatic rings. The number of amides is 1. The van der Waals surface area contributed by atoms with Crippen LogP contribution in [-0.4, -0.2) is 29.7 Å². The van der Waals surface area contributed by atoms with E-state index in [-0.39, 0.29) is 18.3 Å². The summed E-state index contributed by atoms with van der Waals surface area (Å²) in [6, 6.07) is 13.2. The number of nitrogens with zero attached hydrogens (tertiary/aromatic N) is 1. The average Bonchev–Trinajstić information content (AvgIpc) is 2.62. The van der Waals surface area contributed by atoms with Gasteiger partial charge in [0, 0.05) is 18.7 Å². The van der Waals surface area contributed by atoms with Gasteiger partial charge in [-0.25, -0.2) is 0 Å². The first kappa shape index (κ1) is 17.0. The third-order valence-corrected chi connectivity index (χ3v) is 4.47. The minimum absolute atomic E-state index is 0.0428. The van der Waals surface area contributed by atoms with Crippen LogP contribution in [0, 0.1) is 0 Å². The van der Waals surface area contributed by atoms with Crippen molar-refractivity contribution in [2.24, 2.45) is 0 Å². The topological polar surface area (TPSA) is 72.6 Å². The second kappa shape index (κ2) is 7.38. The Morgan fingerprint density at radius 2 is 1.92 bits per heavy atom. The van der Waals surface area contributed by atoms with Crippen molar-refractivity contribution >= 4 is 17.4 Å². The molecule has 0 atom stereocenters. The largest absolute Gasteiger partial charge is 0.491 e. The molecule has 0 aromatic heterocycles. The van der Waals surface area contributed by atoms with Gasteiger partial charge in [0.1, 0.15) is 5.75 Å². The molecule has 25 heavy (non-hydrogen) atoms. The molecule has 2 aromatic carbocycles. The van der Waals surface area contributed by atoms with Gasteiger partial charge in [-0.2, -0.15) is 0 Å². The molecule has 1 aliphatic rings. The first-order chi connectivity index (χ1) is 12.0.